The molecule has 0 unspecified atom stereocenters. The van der Waals surface area contributed by atoms with E-state index in [2.05, 4.69) is 11.5 Å². The van der Waals surface area contributed by atoms with E-state index in [1.165, 1.54) is 0 Å². The first-order valence-electron chi connectivity index (χ1n) is 11.0. The molecule has 1 heterocycles. The molecular formula is C24H30N4O9Si. The molecule has 2 aromatic rings. The summed E-state index contributed by atoms with van der Waals surface area (Å²) in [5.74, 6) is -3.82. The first-order chi connectivity index (χ1) is 17.8. The molecule has 1 aliphatic rings. The van der Waals surface area contributed by atoms with Gasteiger partial charge in [-0.2, -0.15) is 0 Å². The molecule has 10 N–H and O–H groups in total. The Balaban J connectivity index is 0.000000374. The van der Waals surface area contributed by atoms with Crippen LogP contribution in [0.25, 0.3) is 0 Å². The zero-order valence-corrected chi connectivity index (χ0v) is 21.3. The average molecular weight is 547 g/mol. The summed E-state index contributed by atoms with van der Waals surface area (Å²) in [6, 6.07) is 19.5. The van der Waals surface area contributed by atoms with Crippen LogP contribution in [-0.2, 0) is 23.6 Å². The molecule has 0 aromatic heterocycles. The van der Waals surface area contributed by atoms with Crippen molar-refractivity contribution in [2.24, 2.45) is 22.3 Å². The van der Waals surface area contributed by atoms with Crippen LogP contribution >= 0.6 is 0 Å². The highest BCUT2D eigenvalue weighted by Crippen LogP contribution is 2.34. The standard InChI is InChI=1S/C16H20N2O3Si.2C4H5NO3/c17-22(18)13-7-12-16(21-22,19-14-8-3-1-4-9-14)20-15-10-5-2-6-11-15;2*5-3(6)1-2-4(7)8/h1-6,8-11H,7,12-13,17-18H2;2*1-2H,(H2,5,6)(H,7,8)/b;2*2-1-. The fourth-order valence-electron chi connectivity index (χ4n) is 2.78. The molecule has 204 valence electrons. The number of carbonyl (C=O) groups excluding carboxylic acids is 2. The van der Waals surface area contributed by atoms with Gasteiger partial charge in [-0.3, -0.25) is 9.59 Å². The van der Waals surface area contributed by atoms with Crippen LogP contribution in [-0.4, -0.2) is 48.6 Å². The van der Waals surface area contributed by atoms with E-state index in [-0.39, 0.29) is 0 Å². The first kappa shape index (κ1) is 31.5. The summed E-state index contributed by atoms with van der Waals surface area (Å²) in [5, 5.41) is 27.9. The number of nitrogens with two attached hydrogens (primary N) is 4. The SMILES string of the molecule is NC(=O)/C=C\C(=O)O.NC(=O)/C=C\C(=O)O.N[Si]1(N)CCCC(Oc2ccccc2)(Oc2ccccc2)O1. The van der Waals surface area contributed by atoms with Crippen LogP contribution in [0.15, 0.2) is 85.0 Å². The van der Waals surface area contributed by atoms with Crippen LogP contribution in [0.4, 0.5) is 0 Å². The number of amides is 2. The minimum absolute atomic E-state index is 0.569. The molecule has 0 spiro atoms. The van der Waals surface area contributed by atoms with E-state index in [1.54, 1.807) is 0 Å². The topological polar surface area (TPSA) is 241 Å². The quantitative estimate of drug-likeness (QED) is 0.153. The van der Waals surface area contributed by atoms with Crippen LogP contribution in [0.1, 0.15) is 12.8 Å². The number of hydrogen-bond acceptors (Lipinski definition) is 9. The van der Waals surface area contributed by atoms with Crippen molar-refractivity contribution in [1.82, 2.24) is 0 Å². The number of ether oxygens (including phenoxy) is 2. The molecule has 3 rings (SSSR count). The second-order valence-electron chi connectivity index (χ2n) is 7.57. The predicted octanol–water partition coefficient (Wildman–Crippen LogP) is 0.690. The molecular weight excluding hydrogens is 516 g/mol. The van der Waals surface area contributed by atoms with Gasteiger partial charge in [-0.25, -0.2) is 9.59 Å². The molecule has 2 aromatic carbocycles. The van der Waals surface area contributed by atoms with E-state index in [4.69, 9.17) is 34.9 Å². The summed E-state index contributed by atoms with van der Waals surface area (Å²) >= 11 is 0. The Morgan fingerprint density at radius 1 is 0.763 bits per heavy atom. The molecule has 14 heteroatoms. The third-order valence-electron chi connectivity index (χ3n) is 4.21. The smallest absolute Gasteiger partial charge is 0.364 e. The van der Waals surface area contributed by atoms with Crippen molar-refractivity contribution in [2.45, 2.75) is 24.9 Å². The summed E-state index contributed by atoms with van der Waals surface area (Å²) in [6.45, 7) is 0. The number of carboxylic acid groups (broad SMARTS) is 2. The Labute approximate surface area is 219 Å². The predicted molar refractivity (Wildman–Crippen MR) is 138 cm³/mol. The van der Waals surface area contributed by atoms with E-state index in [0.717, 1.165) is 18.6 Å². The van der Waals surface area contributed by atoms with Crippen molar-refractivity contribution in [1.29, 1.82) is 0 Å². The number of aliphatic carboxylic acids is 2. The van der Waals surface area contributed by atoms with Crippen molar-refractivity contribution in [3.63, 3.8) is 0 Å². The molecule has 38 heavy (non-hydrogen) atoms. The molecule has 0 saturated carbocycles. The third-order valence-corrected chi connectivity index (χ3v) is 6.04. The number of benzene rings is 2. The largest absolute Gasteiger partial charge is 0.478 e. The Kier molecular flexibility index (Phi) is 12.9. The number of para-hydroxylation sites is 2. The number of carbonyl (C=O) groups is 4. The molecule has 1 fully saturated rings. The third kappa shape index (κ3) is 14.2. The molecule has 0 atom stereocenters. The van der Waals surface area contributed by atoms with Gasteiger partial charge < -0.3 is 46.4 Å². The highest BCUT2D eigenvalue weighted by molar-refractivity contribution is 6.67. The van der Waals surface area contributed by atoms with E-state index >= 15 is 0 Å². The number of carboxylic acids is 2. The Morgan fingerprint density at radius 3 is 1.45 bits per heavy atom. The molecule has 13 nitrogen and oxygen atoms in total. The minimum atomic E-state index is -2.78. The van der Waals surface area contributed by atoms with E-state index < -0.39 is 38.4 Å². The van der Waals surface area contributed by atoms with Crippen LogP contribution < -0.4 is 31.7 Å². The van der Waals surface area contributed by atoms with Crippen LogP contribution in [0.2, 0.25) is 6.04 Å². The second-order valence-corrected chi connectivity index (χ2v) is 10.2. The van der Waals surface area contributed by atoms with Gasteiger partial charge in [0.1, 0.15) is 11.5 Å². The Bertz CT molecular complexity index is 1020. The number of hydrogen-bond donors (Lipinski definition) is 6. The normalized spacial score (nSPS) is 15.2. The van der Waals surface area contributed by atoms with Crippen LogP contribution in [0, 0.1) is 0 Å². The lowest BCUT2D eigenvalue weighted by molar-refractivity contribution is -0.269. The summed E-state index contributed by atoms with van der Waals surface area (Å²) in [7, 11) is -2.78. The van der Waals surface area contributed by atoms with Gasteiger partial charge >= 0.3 is 26.6 Å². The molecule has 0 radical (unpaired) electrons. The minimum Gasteiger partial charge on any atom is -0.478 e. The lowest BCUT2D eigenvalue weighted by Crippen LogP contribution is -2.68. The monoisotopic (exact) mass is 546 g/mol. The van der Waals surface area contributed by atoms with Gasteiger partial charge in [0.2, 0.25) is 11.8 Å². The summed E-state index contributed by atoms with van der Waals surface area (Å²) in [5.41, 5.74) is 9.10. The summed E-state index contributed by atoms with van der Waals surface area (Å²) in [6.07, 6.45) is 4.30. The fraction of sp³-hybridized carbons (Fsp3) is 0.167. The zero-order chi connectivity index (χ0) is 28.6. The molecule has 2 amide bonds. The molecule has 1 saturated heterocycles. The van der Waals surface area contributed by atoms with Gasteiger partial charge in [-0.05, 0) is 36.7 Å². The van der Waals surface area contributed by atoms with Crippen LogP contribution in [0.3, 0.4) is 0 Å². The average Bonchev–Trinajstić information content (AvgIpc) is 2.83. The Hall–Kier alpha value is -4.50. The van der Waals surface area contributed by atoms with Gasteiger partial charge in [0.05, 0.1) is 6.42 Å². The van der Waals surface area contributed by atoms with Crippen molar-refractivity contribution in [3.8, 4) is 11.5 Å². The molecule has 0 aliphatic carbocycles. The summed E-state index contributed by atoms with van der Waals surface area (Å²) in [4.78, 5) is 38.8. The van der Waals surface area contributed by atoms with E-state index in [9.17, 15) is 19.2 Å². The van der Waals surface area contributed by atoms with E-state index in [0.29, 0.717) is 36.1 Å². The maximum absolute atomic E-state index is 9.78. The van der Waals surface area contributed by atoms with E-state index in [1.807, 2.05) is 60.7 Å². The van der Waals surface area contributed by atoms with Crippen molar-refractivity contribution in [2.75, 3.05) is 0 Å². The Morgan fingerprint density at radius 2 is 1.16 bits per heavy atom. The second kappa shape index (κ2) is 15.6. The van der Waals surface area contributed by atoms with Gasteiger partial charge in [-0.1, -0.05) is 36.4 Å². The highest BCUT2D eigenvalue weighted by atomic mass is 28.4. The highest BCUT2D eigenvalue weighted by Gasteiger charge is 2.48. The van der Waals surface area contributed by atoms with Gasteiger partial charge in [0.25, 0.3) is 0 Å². The lowest BCUT2D eigenvalue weighted by atomic mass is 10.2. The lowest BCUT2D eigenvalue weighted by Gasteiger charge is -2.41. The number of primary amides is 2. The first-order valence-corrected chi connectivity index (χ1v) is 13.3. The zero-order valence-electron chi connectivity index (χ0n) is 20.3. The van der Waals surface area contributed by atoms with Crippen molar-refractivity contribution < 1.29 is 43.3 Å². The molecule has 0 bridgehead atoms. The number of rotatable bonds is 8. The maximum Gasteiger partial charge on any atom is 0.364 e. The van der Waals surface area contributed by atoms with Crippen molar-refractivity contribution >= 4 is 32.4 Å². The van der Waals surface area contributed by atoms with Crippen LogP contribution in [0.5, 0.6) is 11.5 Å². The molecule has 1 aliphatic heterocycles. The van der Waals surface area contributed by atoms with Gasteiger partial charge in [0, 0.05) is 24.3 Å². The maximum atomic E-state index is 9.78. The summed E-state index contributed by atoms with van der Waals surface area (Å²) < 4.78 is 17.9. The fourth-order valence-corrected chi connectivity index (χ4v) is 4.38. The van der Waals surface area contributed by atoms with Crippen molar-refractivity contribution in [3.05, 3.63) is 85.0 Å². The van der Waals surface area contributed by atoms with Gasteiger partial charge in [0.15, 0.2) is 0 Å². The van der Waals surface area contributed by atoms with Gasteiger partial charge in [-0.15, -0.1) is 0 Å².